The highest BCUT2D eigenvalue weighted by Gasteiger charge is 2.30. The van der Waals surface area contributed by atoms with Crippen LogP contribution in [0.5, 0.6) is 0 Å². The molecule has 0 aliphatic rings. The van der Waals surface area contributed by atoms with Crippen LogP contribution >= 0.6 is 11.6 Å². The molecule has 2 aromatic rings. The quantitative estimate of drug-likeness (QED) is 0.629. The molecule has 0 N–H and O–H groups in total. The predicted octanol–water partition coefficient (Wildman–Crippen LogP) is 5.16. The van der Waals surface area contributed by atoms with E-state index in [4.69, 9.17) is 11.6 Å². The number of hydrogen-bond donors (Lipinski definition) is 0. The lowest BCUT2D eigenvalue weighted by Crippen LogP contribution is -2.04. The predicted molar refractivity (Wildman–Crippen MR) is 61.8 cm³/mol. The van der Waals surface area contributed by atoms with Gasteiger partial charge in [0.25, 0.3) is 0 Å². The lowest BCUT2D eigenvalue weighted by atomic mass is 10.0. The second-order valence-corrected chi connectivity index (χ2v) is 4.14. The van der Waals surface area contributed by atoms with E-state index in [1.807, 2.05) is 0 Å². The summed E-state index contributed by atoms with van der Waals surface area (Å²) in [5.41, 5.74) is -0.243. The molecule has 0 heterocycles. The van der Waals surface area contributed by atoms with Crippen molar-refractivity contribution >= 4 is 11.6 Å². The minimum Gasteiger partial charge on any atom is -0.206 e. The molecular formula is C13H7ClF4. The van der Waals surface area contributed by atoms with Gasteiger partial charge in [-0.1, -0.05) is 23.7 Å². The summed E-state index contributed by atoms with van der Waals surface area (Å²) in [6.45, 7) is 0. The molecule has 94 valence electrons. The molecule has 5 heteroatoms. The van der Waals surface area contributed by atoms with Crippen LogP contribution in [-0.4, -0.2) is 0 Å². The van der Waals surface area contributed by atoms with Crippen molar-refractivity contribution in [2.75, 3.05) is 0 Å². The molecule has 0 aromatic heterocycles. The molecule has 0 nitrogen and oxygen atoms in total. The second-order valence-electron chi connectivity index (χ2n) is 3.70. The van der Waals surface area contributed by atoms with Gasteiger partial charge >= 0.3 is 6.18 Å². The Labute approximate surface area is 106 Å². The lowest BCUT2D eigenvalue weighted by Gasteiger charge is -2.08. The fraction of sp³-hybridized carbons (Fsp3) is 0.0769. The van der Waals surface area contributed by atoms with Crippen molar-refractivity contribution in [2.24, 2.45) is 0 Å². The van der Waals surface area contributed by atoms with Crippen LogP contribution in [-0.2, 0) is 6.18 Å². The molecular weight excluding hydrogens is 267 g/mol. The zero-order valence-corrected chi connectivity index (χ0v) is 9.69. The molecule has 0 saturated heterocycles. The van der Waals surface area contributed by atoms with Gasteiger partial charge in [-0.3, -0.25) is 0 Å². The van der Waals surface area contributed by atoms with Gasteiger partial charge in [-0.05, 0) is 35.9 Å². The Kier molecular flexibility index (Phi) is 3.30. The Morgan fingerprint density at radius 2 is 1.50 bits per heavy atom. The van der Waals surface area contributed by atoms with Crippen LogP contribution in [0.25, 0.3) is 11.1 Å². The van der Waals surface area contributed by atoms with Crippen molar-refractivity contribution in [3.05, 3.63) is 58.9 Å². The van der Waals surface area contributed by atoms with Crippen molar-refractivity contribution in [1.29, 1.82) is 0 Å². The van der Waals surface area contributed by atoms with Crippen molar-refractivity contribution in [3.63, 3.8) is 0 Å². The normalized spacial score (nSPS) is 11.6. The Morgan fingerprint density at radius 3 is 2.06 bits per heavy atom. The first-order valence-electron chi connectivity index (χ1n) is 5.00. The molecule has 2 rings (SSSR count). The van der Waals surface area contributed by atoms with Gasteiger partial charge in [0.1, 0.15) is 5.82 Å². The minimum atomic E-state index is -4.40. The molecule has 0 spiro atoms. The van der Waals surface area contributed by atoms with Gasteiger partial charge < -0.3 is 0 Å². The number of alkyl halides is 3. The molecule has 0 atom stereocenters. The summed E-state index contributed by atoms with van der Waals surface area (Å²) in [5, 5.41) is 0.325. The minimum absolute atomic E-state index is 0.177. The van der Waals surface area contributed by atoms with Gasteiger partial charge in [-0.15, -0.1) is 0 Å². The molecule has 18 heavy (non-hydrogen) atoms. The SMILES string of the molecule is Fc1ccc(Cl)cc1-c1ccc(C(F)(F)[18F])cc1. The molecule has 0 saturated carbocycles. The van der Waals surface area contributed by atoms with Crippen molar-refractivity contribution in [3.8, 4) is 11.1 Å². The third-order valence-corrected chi connectivity index (χ3v) is 2.69. The highest BCUT2D eigenvalue weighted by atomic mass is 35.5. The average Bonchev–Trinajstić information content (AvgIpc) is 2.31. The monoisotopic (exact) mass is 273 g/mol. The molecule has 0 amide bonds. The van der Waals surface area contributed by atoms with E-state index in [0.717, 1.165) is 12.1 Å². The number of hydrogen-bond acceptors (Lipinski definition) is 0. The summed E-state index contributed by atoms with van der Waals surface area (Å²) in [6, 6.07) is 8.19. The maximum atomic E-state index is 13.5. The largest absolute Gasteiger partial charge is 0.416 e. The summed E-state index contributed by atoms with van der Waals surface area (Å²) >= 11 is 5.72. The van der Waals surface area contributed by atoms with E-state index in [0.29, 0.717) is 10.6 Å². The number of halogens is 5. The maximum absolute atomic E-state index is 13.5. The molecule has 0 unspecified atom stereocenters. The third-order valence-electron chi connectivity index (χ3n) is 2.45. The summed E-state index contributed by atoms with van der Waals surface area (Å²) < 4.78 is 50.6. The molecule has 2 aromatic carbocycles. The highest BCUT2D eigenvalue weighted by Crippen LogP contribution is 2.32. The molecule has 0 bridgehead atoms. The van der Waals surface area contributed by atoms with Gasteiger partial charge in [-0.2, -0.15) is 13.2 Å². The topological polar surface area (TPSA) is 0 Å². The van der Waals surface area contributed by atoms with Gasteiger partial charge in [-0.25, -0.2) is 4.39 Å². The number of benzene rings is 2. The first-order valence-corrected chi connectivity index (χ1v) is 5.38. The van der Waals surface area contributed by atoms with E-state index < -0.39 is 17.6 Å². The Balaban J connectivity index is 2.43. The van der Waals surface area contributed by atoms with Crippen molar-refractivity contribution < 1.29 is 17.6 Å². The fourth-order valence-corrected chi connectivity index (χ4v) is 1.73. The summed E-state index contributed by atoms with van der Waals surface area (Å²) in [7, 11) is 0. The third kappa shape index (κ3) is 2.64. The van der Waals surface area contributed by atoms with E-state index in [2.05, 4.69) is 0 Å². The van der Waals surface area contributed by atoms with Gasteiger partial charge in [0.05, 0.1) is 5.56 Å². The molecule has 0 aliphatic carbocycles. The van der Waals surface area contributed by atoms with Gasteiger partial charge in [0, 0.05) is 10.6 Å². The van der Waals surface area contributed by atoms with Crippen LogP contribution in [0.2, 0.25) is 5.02 Å². The van der Waals surface area contributed by atoms with Crippen molar-refractivity contribution in [2.45, 2.75) is 6.18 Å². The summed E-state index contributed by atoms with van der Waals surface area (Å²) in [6.07, 6.45) is -4.40. The zero-order valence-electron chi connectivity index (χ0n) is 8.93. The summed E-state index contributed by atoms with van der Waals surface area (Å²) in [5.74, 6) is -0.529. The smallest absolute Gasteiger partial charge is 0.206 e. The zero-order chi connectivity index (χ0) is 13.3. The Hall–Kier alpha value is -1.55. The van der Waals surface area contributed by atoms with E-state index >= 15 is 0 Å². The number of rotatable bonds is 1. The van der Waals surface area contributed by atoms with Crippen LogP contribution in [0.3, 0.4) is 0 Å². The maximum Gasteiger partial charge on any atom is 0.416 e. The molecule has 0 fully saturated rings. The van der Waals surface area contributed by atoms with Gasteiger partial charge in [0.15, 0.2) is 0 Å². The van der Waals surface area contributed by atoms with E-state index in [9.17, 15) is 17.6 Å². The Bertz CT molecular complexity index is 558. The van der Waals surface area contributed by atoms with E-state index in [-0.39, 0.29) is 5.56 Å². The standard InChI is InChI=1S/C13H7ClF4/c14-10-5-6-12(15)11(7-10)8-1-3-9(4-2-8)13(16,17)18/h1-7H/i16-1. The first-order chi connectivity index (χ1) is 8.38. The molecule has 0 radical (unpaired) electrons. The average molecular weight is 274 g/mol. The fourth-order valence-electron chi connectivity index (χ4n) is 1.56. The summed E-state index contributed by atoms with van der Waals surface area (Å²) in [4.78, 5) is 0. The van der Waals surface area contributed by atoms with Gasteiger partial charge in [0.2, 0.25) is 0 Å². The Morgan fingerprint density at radius 1 is 0.889 bits per heavy atom. The van der Waals surface area contributed by atoms with Crippen LogP contribution < -0.4 is 0 Å². The second kappa shape index (κ2) is 4.61. The molecule has 0 aliphatic heterocycles. The van der Waals surface area contributed by atoms with Crippen LogP contribution in [0.4, 0.5) is 17.6 Å². The van der Waals surface area contributed by atoms with E-state index in [1.54, 1.807) is 0 Å². The van der Waals surface area contributed by atoms with E-state index in [1.165, 1.54) is 30.3 Å². The van der Waals surface area contributed by atoms with Crippen LogP contribution in [0, 0.1) is 5.82 Å². The van der Waals surface area contributed by atoms with Crippen molar-refractivity contribution in [1.82, 2.24) is 0 Å². The lowest BCUT2D eigenvalue weighted by molar-refractivity contribution is -0.137. The highest BCUT2D eigenvalue weighted by molar-refractivity contribution is 6.30. The first kappa shape index (κ1) is 12.9. The van der Waals surface area contributed by atoms with Crippen LogP contribution in [0.1, 0.15) is 5.56 Å². The van der Waals surface area contributed by atoms with Crippen LogP contribution in [0.15, 0.2) is 42.5 Å².